The van der Waals surface area contributed by atoms with E-state index in [9.17, 15) is 4.79 Å². The molecule has 1 aromatic rings. The van der Waals surface area contributed by atoms with E-state index in [4.69, 9.17) is 4.74 Å². The molecule has 3 nitrogen and oxygen atoms in total. The summed E-state index contributed by atoms with van der Waals surface area (Å²) in [5, 5.41) is 0. The van der Waals surface area contributed by atoms with Crippen LogP contribution in [0.3, 0.4) is 0 Å². The van der Waals surface area contributed by atoms with E-state index in [0.717, 1.165) is 18.5 Å². The van der Waals surface area contributed by atoms with Crippen LogP contribution < -0.4 is 0 Å². The molecular weight excluding hydrogens is 214 g/mol. The van der Waals surface area contributed by atoms with Crippen LogP contribution in [0.5, 0.6) is 0 Å². The van der Waals surface area contributed by atoms with Crippen molar-refractivity contribution in [1.82, 2.24) is 0 Å². The standard InChI is InChI=1S/C14H17NO2/c1-14(2,3)17-13(16)11-4-5-12-9-15-7-6-10(12)8-11/h4-5,8-9H,6-7H2,1-3H3. The fraction of sp³-hybridized carbons (Fsp3) is 0.429. The Balaban J connectivity index is 2.23. The van der Waals surface area contributed by atoms with E-state index in [1.165, 1.54) is 5.56 Å². The molecule has 0 fully saturated rings. The first-order chi connectivity index (χ1) is 7.96. The van der Waals surface area contributed by atoms with Gasteiger partial charge in [-0.3, -0.25) is 4.99 Å². The lowest BCUT2D eigenvalue weighted by atomic mass is 10.00. The molecule has 90 valence electrons. The minimum atomic E-state index is -0.450. The topological polar surface area (TPSA) is 38.7 Å². The smallest absolute Gasteiger partial charge is 0.338 e. The number of hydrogen-bond donors (Lipinski definition) is 0. The maximum Gasteiger partial charge on any atom is 0.338 e. The summed E-state index contributed by atoms with van der Waals surface area (Å²) >= 11 is 0. The Labute approximate surface area is 102 Å². The second kappa shape index (κ2) is 4.32. The lowest BCUT2D eigenvalue weighted by Gasteiger charge is -2.20. The molecule has 2 rings (SSSR count). The summed E-state index contributed by atoms with van der Waals surface area (Å²) in [7, 11) is 0. The van der Waals surface area contributed by atoms with Gasteiger partial charge in [0, 0.05) is 12.8 Å². The number of esters is 1. The van der Waals surface area contributed by atoms with E-state index in [2.05, 4.69) is 4.99 Å². The van der Waals surface area contributed by atoms with Crippen LogP contribution in [0.25, 0.3) is 0 Å². The van der Waals surface area contributed by atoms with E-state index in [1.54, 1.807) is 6.07 Å². The third-order valence-electron chi connectivity index (χ3n) is 2.52. The number of ether oxygens (including phenoxy) is 1. The van der Waals surface area contributed by atoms with Gasteiger partial charge in [-0.05, 0) is 50.5 Å². The van der Waals surface area contributed by atoms with Gasteiger partial charge in [-0.2, -0.15) is 0 Å². The fourth-order valence-corrected chi connectivity index (χ4v) is 1.76. The van der Waals surface area contributed by atoms with Gasteiger partial charge >= 0.3 is 5.97 Å². The monoisotopic (exact) mass is 231 g/mol. The molecule has 1 aromatic carbocycles. The van der Waals surface area contributed by atoms with Gasteiger partial charge in [0.15, 0.2) is 0 Å². The van der Waals surface area contributed by atoms with Gasteiger partial charge in [0.05, 0.1) is 5.56 Å². The van der Waals surface area contributed by atoms with Gasteiger partial charge in [0.2, 0.25) is 0 Å². The number of hydrogen-bond acceptors (Lipinski definition) is 3. The number of benzene rings is 1. The summed E-state index contributed by atoms with van der Waals surface area (Å²) in [6, 6.07) is 5.64. The molecule has 0 saturated carbocycles. The van der Waals surface area contributed by atoms with Crippen molar-refractivity contribution in [1.29, 1.82) is 0 Å². The highest BCUT2D eigenvalue weighted by molar-refractivity contribution is 5.92. The van der Waals surface area contributed by atoms with Crippen LogP contribution in [0.2, 0.25) is 0 Å². The second-order valence-corrected chi connectivity index (χ2v) is 5.20. The Hall–Kier alpha value is -1.64. The predicted octanol–water partition coefficient (Wildman–Crippen LogP) is 2.62. The lowest BCUT2D eigenvalue weighted by Crippen LogP contribution is -2.24. The zero-order chi connectivity index (χ0) is 12.5. The molecule has 0 bridgehead atoms. The van der Waals surface area contributed by atoms with Crippen LogP contribution in [-0.4, -0.2) is 24.3 Å². The summed E-state index contributed by atoms with van der Waals surface area (Å²) in [6.07, 6.45) is 2.75. The fourth-order valence-electron chi connectivity index (χ4n) is 1.76. The van der Waals surface area contributed by atoms with Crippen molar-refractivity contribution in [2.75, 3.05) is 6.54 Å². The number of fused-ring (bicyclic) bond motifs is 1. The second-order valence-electron chi connectivity index (χ2n) is 5.20. The first-order valence-corrected chi connectivity index (χ1v) is 5.82. The van der Waals surface area contributed by atoms with Gasteiger partial charge in [-0.25, -0.2) is 4.79 Å². The molecule has 0 amide bonds. The average molecular weight is 231 g/mol. The van der Waals surface area contributed by atoms with Crippen molar-refractivity contribution in [3.05, 3.63) is 34.9 Å². The molecule has 0 aromatic heterocycles. The molecule has 0 radical (unpaired) electrons. The third-order valence-corrected chi connectivity index (χ3v) is 2.52. The molecule has 0 N–H and O–H groups in total. The number of carbonyl (C=O) groups excluding carboxylic acids is 1. The zero-order valence-corrected chi connectivity index (χ0v) is 10.5. The number of carbonyl (C=O) groups is 1. The molecule has 1 aliphatic rings. The highest BCUT2D eigenvalue weighted by Crippen LogP contribution is 2.17. The molecule has 1 aliphatic heterocycles. The van der Waals surface area contributed by atoms with Crippen molar-refractivity contribution in [2.45, 2.75) is 32.8 Å². The minimum absolute atomic E-state index is 0.261. The van der Waals surface area contributed by atoms with Crippen molar-refractivity contribution < 1.29 is 9.53 Å². The van der Waals surface area contributed by atoms with Crippen LogP contribution in [0.1, 0.15) is 42.3 Å². The van der Waals surface area contributed by atoms with E-state index < -0.39 is 5.60 Å². The van der Waals surface area contributed by atoms with Crippen molar-refractivity contribution in [3.8, 4) is 0 Å². The van der Waals surface area contributed by atoms with Gasteiger partial charge < -0.3 is 4.74 Å². The van der Waals surface area contributed by atoms with E-state index in [0.29, 0.717) is 5.56 Å². The highest BCUT2D eigenvalue weighted by Gasteiger charge is 2.18. The number of aliphatic imine (C=N–C) groups is 1. The van der Waals surface area contributed by atoms with E-state index in [-0.39, 0.29) is 5.97 Å². The van der Waals surface area contributed by atoms with Crippen molar-refractivity contribution in [3.63, 3.8) is 0 Å². The SMILES string of the molecule is CC(C)(C)OC(=O)c1ccc2c(c1)CCN=C2. The van der Waals surface area contributed by atoms with E-state index in [1.807, 2.05) is 39.1 Å². The Bertz CT molecular complexity index is 470. The lowest BCUT2D eigenvalue weighted by molar-refractivity contribution is 0.00694. The Morgan fingerprint density at radius 3 is 2.82 bits per heavy atom. The molecule has 1 heterocycles. The summed E-state index contributed by atoms with van der Waals surface area (Å²) < 4.78 is 5.34. The highest BCUT2D eigenvalue weighted by atomic mass is 16.6. The maximum absolute atomic E-state index is 11.9. The van der Waals surface area contributed by atoms with Gasteiger partial charge in [-0.1, -0.05) is 6.07 Å². The Morgan fingerprint density at radius 1 is 1.35 bits per heavy atom. The minimum Gasteiger partial charge on any atom is -0.456 e. The predicted molar refractivity (Wildman–Crippen MR) is 67.8 cm³/mol. The van der Waals surface area contributed by atoms with Crippen LogP contribution in [0.4, 0.5) is 0 Å². The van der Waals surface area contributed by atoms with Crippen molar-refractivity contribution >= 4 is 12.2 Å². The molecule has 0 aliphatic carbocycles. The first-order valence-electron chi connectivity index (χ1n) is 5.82. The molecule has 17 heavy (non-hydrogen) atoms. The molecule has 0 unspecified atom stereocenters. The summed E-state index contributed by atoms with van der Waals surface area (Å²) in [6.45, 7) is 6.41. The number of nitrogens with zero attached hydrogens (tertiary/aromatic N) is 1. The van der Waals surface area contributed by atoms with Crippen LogP contribution >= 0.6 is 0 Å². The van der Waals surface area contributed by atoms with Crippen LogP contribution in [0, 0.1) is 0 Å². The summed E-state index contributed by atoms with van der Waals surface area (Å²) in [4.78, 5) is 16.1. The largest absolute Gasteiger partial charge is 0.456 e. The summed E-state index contributed by atoms with van der Waals surface area (Å²) in [5.41, 5.74) is 2.44. The number of rotatable bonds is 1. The Morgan fingerprint density at radius 2 is 2.12 bits per heavy atom. The summed E-state index contributed by atoms with van der Waals surface area (Å²) in [5.74, 6) is -0.261. The van der Waals surface area contributed by atoms with Crippen LogP contribution in [0.15, 0.2) is 23.2 Å². The van der Waals surface area contributed by atoms with Crippen molar-refractivity contribution in [2.24, 2.45) is 4.99 Å². The Kier molecular flexibility index (Phi) is 3.01. The zero-order valence-electron chi connectivity index (χ0n) is 10.5. The van der Waals surface area contributed by atoms with Gasteiger partial charge in [0.25, 0.3) is 0 Å². The molecule has 0 atom stereocenters. The van der Waals surface area contributed by atoms with Gasteiger partial charge in [-0.15, -0.1) is 0 Å². The normalized spacial score (nSPS) is 14.3. The van der Waals surface area contributed by atoms with E-state index >= 15 is 0 Å². The molecular formula is C14H17NO2. The average Bonchev–Trinajstić information content (AvgIpc) is 2.26. The maximum atomic E-state index is 11.9. The molecule has 0 spiro atoms. The quantitative estimate of drug-likeness (QED) is 0.697. The molecule has 0 saturated heterocycles. The first kappa shape index (κ1) is 11.8. The molecule has 3 heteroatoms. The van der Waals surface area contributed by atoms with Gasteiger partial charge in [0.1, 0.15) is 5.60 Å². The van der Waals surface area contributed by atoms with Crippen LogP contribution in [-0.2, 0) is 11.2 Å². The third kappa shape index (κ3) is 2.93.